The van der Waals surface area contributed by atoms with E-state index < -0.39 is 107 Å². The van der Waals surface area contributed by atoms with Gasteiger partial charge in [-0.1, -0.05) is 24.3 Å². The highest BCUT2D eigenvalue weighted by Crippen LogP contribution is 2.32. The van der Waals surface area contributed by atoms with E-state index in [9.17, 15) is 42.0 Å². The summed E-state index contributed by atoms with van der Waals surface area (Å²) in [6.45, 7) is 9.12. The Bertz CT molecular complexity index is 2250. The number of rotatable bonds is 18. The summed E-state index contributed by atoms with van der Waals surface area (Å²) in [5.74, 6) is -5.88. The standard InChI is InChI=1S/C43H58N6O15S.ClH/c1-22-18-33(59-8)23(2)24(3)39(22)65(57,58)48-31(41(55)46-32(43(56)49-16-10-9-11-17-49)19-29-12-14-30(15-13-29)40(44)45)20-35(54)47-42-38(63-28(7)53)37(62-27(6)52)36(61-26(5)51)34(64-42)21-60-25(4)50;/h12-15,18,31-32,34,36-38,42,48H,9-11,16-17,19-21H2,1-8H3,(H3,44,45)(H,46,55)(H,47,54);1H/t31-,32+,34+,36+,37-,38+,42+;/m0./s1. The Balaban J connectivity index is 0.0000116. The Labute approximate surface area is 389 Å². The number of amidine groups is 1. The summed E-state index contributed by atoms with van der Waals surface area (Å²) in [6, 6.07) is 4.76. The van der Waals surface area contributed by atoms with Gasteiger partial charge in [0.05, 0.1) is 18.4 Å². The van der Waals surface area contributed by atoms with Crippen LogP contribution in [0.15, 0.2) is 35.2 Å². The highest BCUT2D eigenvalue weighted by Gasteiger charge is 2.53. The quantitative estimate of drug-likeness (QED) is 0.0609. The predicted molar refractivity (Wildman–Crippen MR) is 237 cm³/mol. The van der Waals surface area contributed by atoms with Crippen molar-refractivity contribution in [3.05, 3.63) is 58.1 Å². The fraction of sp³-hybridized carbons (Fsp3) is 0.535. The van der Waals surface area contributed by atoms with Crippen LogP contribution in [0.1, 0.15) is 81.2 Å². The Morgan fingerprint density at radius 3 is 1.95 bits per heavy atom. The summed E-state index contributed by atoms with van der Waals surface area (Å²) >= 11 is 0. The molecule has 21 nitrogen and oxygen atoms in total. The van der Waals surface area contributed by atoms with Gasteiger partial charge in [0.25, 0.3) is 0 Å². The Morgan fingerprint density at radius 1 is 0.833 bits per heavy atom. The van der Waals surface area contributed by atoms with Crippen LogP contribution in [-0.4, -0.2) is 130 Å². The minimum Gasteiger partial charge on any atom is -0.496 e. The number of piperidine rings is 1. The van der Waals surface area contributed by atoms with Gasteiger partial charge in [-0.15, -0.1) is 12.4 Å². The summed E-state index contributed by atoms with van der Waals surface area (Å²) in [7, 11) is -3.23. The first-order chi connectivity index (χ1) is 30.5. The average Bonchev–Trinajstić information content (AvgIpc) is 3.22. The van der Waals surface area contributed by atoms with E-state index in [4.69, 9.17) is 39.6 Å². The molecule has 2 aliphatic heterocycles. The molecule has 23 heteroatoms. The molecule has 2 aromatic rings. The lowest BCUT2D eigenvalue weighted by atomic mass is 9.97. The third-order valence-corrected chi connectivity index (χ3v) is 12.5. The normalized spacial score (nSPS) is 20.2. The molecule has 6 N–H and O–H groups in total. The van der Waals surface area contributed by atoms with Crippen LogP contribution < -0.4 is 25.8 Å². The minimum atomic E-state index is -4.66. The van der Waals surface area contributed by atoms with Crippen molar-refractivity contribution in [3.63, 3.8) is 0 Å². The van der Waals surface area contributed by atoms with Gasteiger partial charge in [-0.05, 0) is 68.4 Å². The third-order valence-electron chi connectivity index (χ3n) is 10.8. The molecular weight excluding hydrogens is 908 g/mol. The maximum Gasteiger partial charge on any atom is 0.303 e. The molecule has 0 aliphatic carbocycles. The third kappa shape index (κ3) is 14.6. The number of methoxy groups -OCH3 is 1. The molecule has 0 spiro atoms. The zero-order valence-electron chi connectivity index (χ0n) is 38.0. The Morgan fingerprint density at radius 2 is 1.41 bits per heavy atom. The fourth-order valence-electron chi connectivity index (χ4n) is 7.69. The van der Waals surface area contributed by atoms with Gasteiger partial charge in [0.2, 0.25) is 27.7 Å². The molecule has 0 unspecified atom stereocenters. The molecule has 0 aromatic heterocycles. The SMILES string of the molecule is COc1cc(C)c(S(=O)(=O)N[C@@H](CC(=O)N[C@@H]2O[C@H](COC(C)=O)[C@@H](OC(C)=O)[C@H](OC(C)=O)[C@H]2OC(C)=O)C(=O)N[C@H](Cc2ccc(C(=N)N)cc2)C(=O)N2CCCCC2)c(C)c1C.Cl. The van der Waals surface area contributed by atoms with Crippen molar-refractivity contribution in [2.75, 3.05) is 26.8 Å². The number of hydrogen-bond donors (Lipinski definition) is 5. The van der Waals surface area contributed by atoms with E-state index >= 15 is 0 Å². The summed E-state index contributed by atoms with van der Waals surface area (Å²) in [4.78, 5) is 93.2. The van der Waals surface area contributed by atoms with E-state index in [1.165, 1.54) is 20.1 Å². The number of aryl methyl sites for hydroxylation is 1. The second-order valence-corrected chi connectivity index (χ2v) is 17.5. The van der Waals surface area contributed by atoms with Crippen LogP contribution in [0.4, 0.5) is 0 Å². The van der Waals surface area contributed by atoms with E-state index in [1.54, 1.807) is 43.0 Å². The molecule has 66 heavy (non-hydrogen) atoms. The first-order valence-electron chi connectivity index (χ1n) is 20.8. The van der Waals surface area contributed by atoms with Crippen molar-refractivity contribution in [2.24, 2.45) is 5.73 Å². The van der Waals surface area contributed by atoms with Crippen molar-refractivity contribution in [1.29, 1.82) is 5.41 Å². The largest absolute Gasteiger partial charge is 0.496 e. The lowest BCUT2D eigenvalue weighted by molar-refractivity contribution is -0.257. The highest BCUT2D eigenvalue weighted by molar-refractivity contribution is 7.89. The maximum atomic E-state index is 14.6. The maximum absolute atomic E-state index is 14.6. The number of likely N-dealkylation sites (tertiary alicyclic amines) is 1. The topological polar surface area (TPSA) is 298 Å². The first kappa shape index (κ1) is 54.5. The van der Waals surface area contributed by atoms with E-state index in [1.807, 2.05) is 0 Å². The number of carbonyl (C=O) groups excluding carboxylic acids is 7. The van der Waals surface area contributed by atoms with E-state index in [0.29, 0.717) is 41.1 Å². The van der Waals surface area contributed by atoms with Crippen molar-refractivity contribution in [1.82, 2.24) is 20.3 Å². The molecule has 2 aromatic carbocycles. The van der Waals surface area contributed by atoms with E-state index in [2.05, 4.69) is 15.4 Å². The number of carbonyl (C=O) groups is 7. The van der Waals surface area contributed by atoms with Gasteiger partial charge in [-0.25, -0.2) is 8.42 Å². The van der Waals surface area contributed by atoms with Gasteiger partial charge in [0, 0.05) is 52.8 Å². The monoisotopic (exact) mass is 966 g/mol. The van der Waals surface area contributed by atoms with Crippen LogP contribution in [0.5, 0.6) is 5.75 Å². The molecule has 2 heterocycles. The first-order valence-corrected chi connectivity index (χ1v) is 22.3. The second-order valence-electron chi connectivity index (χ2n) is 15.8. The van der Waals surface area contributed by atoms with E-state index in [0.717, 1.165) is 47.0 Å². The molecule has 0 bridgehead atoms. The number of hydrogen-bond acceptors (Lipinski definition) is 16. The lowest BCUT2D eigenvalue weighted by Gasteiger charge is -2.44. The van der Waals surface area contributed by atoms with Crippen LogP contribution in [0.2, 0.25) is 0 Å². The average molecular weight is 967 g/mol. The molecular formula is C43H59ClN6O15S. The fourth-order valence-corrected chi connectivity index (χ4v) is 9.41. The predicted octanol–water partition coefficient (Wildman–Crippen LogP) is 1.30. The molecule has 0 saturated carbocycles. The van der Waals surface area contributed by atoms with Crippen molar-refractivity contribution in [3.8, 4) is 5.75 Å². The Kier molecular flexibility index (Phi) is 19.9. The number of esters is 4. The molecule has 7 atom stereocenters. The number of nitrogen functional groups attached to an aromatic ring is 1. The minimum absolute atomic E-state index is 0. The van der Waals surface area contributed by atoms with Gasteiger partial charge in [-0.2, -0.15) is 4.72 Å². The number of nitrogens with two attached hydrogens (primary N) is 1. The van der Waals surface area contributed by atoms with Crippen LogP contribution in [0, 0.1) is 26.2 Å². The van der Waals surface area contributed by atoms with Gasteiger partial charge >= 0.3 is 23.9 Å². The number of ether oxygens (including phenoxy) is 6. The number of sulfonamides is 1. The number of benzene rings is 2. The highest BCUT2D eigenvalue weighted by atomic mass is 35.5. The van der Waals surface area contributed by atoms with Gasteiger partial charge in [0.15, 0.2) is 24.5 Å². The molecule has 364 valence electrons. The van der Waals surface area contributed by atoms with E-state index in [-0.39, 0.29) is 35.1 Å². The van der Waals surface area contributed by atoms with Crippen molar-refractivity contribution < 1.29 is 70.4 Å². The van der Waals surface area contributed by atoms with Gasteiger partial charge in [0.1, 0.15) is 36.4 Å². The number of amides is 3. The van der Waals surface area contributed by atoms with Gasteiger partial charge < -0.3 is 49.7 Å². The summed E-state index contributed by atoms with van der Waals surface area (Å²) in [5.41, 5.74) is 7.67. The van der Waals surface area contributed by atoms with Crippen molar-refractivity contribution >= 4 is 69.9 Å². The molecule has 2 fully saturated rings. The Hall–Kier alpha value is -5.84. The van der Waals surface area contributed by atoms with Crippen LogP contribution in [0.25, 0.3) is 0 Å². The summed E-state index contributed by atoms with van der Waals surface area (Å²) < 4.78 is 64.0. The van der Waals surface area contributed by atoms with Gasteiger partial charge in [-0.3, -0.25) is 39.0 Å². The number of nitrogens with zero attached hydrogens (tertiary/aromatic N) is 1. The van der Waals surface area contributed by atoms with Crippen LogP contribution in [-0.2, 0) is 73.7 Å². The van der Waals surface area contributed by atoms with Crippen LogP contribution >= 0.6 is 12.4 Å². The number of nitrogens with one attached hydrogen (secondary N) is 4. The molecule has 2 aliphatic rings. The molecule has 0 radical (unpaired) electrons. The zero-order chi connectivity index (χ0) is 48.3. The summed E-state index contributed by atoms with van der Waals surface area (Å²) in [6.07, 6.45) is -6.75. The molecule has 2 saturated heterocycles. The second kappa shape index (κ2) is 24.1. The summed E-state index contributed by atoms with van der Waals surface area (Å²) in [5, 5.41) is 12.9. The molecule has 4 rings (SSSR count). The number of halogens is 1. The molecule has 3 amide bonds. The lowest BCUT2D eigenvalue weighted by Crippen LogP contribution is -2.66. The zero-order valence-corrected chi connectivity index (χ0v) is 39.7. The van der Waals surface area contributed by atoms with Crippen LogP contribution in [0.3, 0.4) is 0 Å². The smallest absolute Gasteiger partial charge is 0.303 e. The van der Waals surface area contributed by atoms with Crippen molar-refractivity contribution in [2.45, 2.75) is 128 Å².